The minimum atomic E-state index is -0.261. The second kappa shape index (κ2) is 8.01. The smallest absolute Gasteiger partial charge is 0.409 e. The normalized spacial score (nSPS) is 15.2. The zero-order valence-corrected chi connectivity index (χ0v) is 14.5. The monoisotopic (exact) mass is 340 g/mol. The Morgan fingerprint density at radius 1 is 1.12 bits per heavy atom. The van der Waals surface area contributed by atoms with Crippen molar-refractivity contribution in [3.63, 3.8) is 0 Å². The van der Waals surface area contributed by atoms with Crippen molar-refractivity contribution in [3.8, 4) is 0 Å². The summed E-state index contributed by atoms with van der Waals surface area (Å²) in [6.45, 7) is 3.44. The third-order valence-electron chi connectivity index (χ3n) is 4.62. The number of benzene rings is 2. The summed E-state index contributed by atoms with van der Waals surface area (Å²) in [6, 6.07) is 14.3. The molecule has 0 atom stereocenters. The minimum absolute atomic E-state index is 0.0333. The van der Waals surface area contributed by atoms with Crippen molar-refractivity contribution in [1.29, 1.82) is 0 Å². The maximum absolute atomic E-state index is 12.4. The van der Waals surface area contributed by atoms with E-state index >= 15 is 0 Å². The fourth-order valence-corrected chi connectivity index (χ4v) is 3.32. The van der Waals surface area contributed by atoms with E-state index in [4.69, 9.17) is 4.74 Å². The highest BCUT2D eigenvalue weighted by molar-refractivity contribution is 5.90. The lowest BCUT2D eigenvalue weighted by atomic mass is 10.0. The molecule has 0 bridgehead atoms. The molecule has 3 rings (SSSR count). The Hall–Kier alpha value is -2.56. The molecule has 0 radical (unpaired) electrons. The number of fused-ring (bicyclic) bond motifs is 1. The molecule has 2 aromatic carbocycles. The van der Waals surface area contributed by atoms with Crippen molar-refractivity contribution in [3.05, 3.63) is 48.0 Å². The molecule has 5 heteroatoms. The number of nitrogens with zero attached hydrogens (tertiary/aromatic N) is 1. The molecule has 0 aromatic heterocycles. The molecule has 0 saturated carbocycles. The Morgan fingerprint density at radius 2 is 1.84 bits per heavy atom. The molecule has 0 unspecified atom stereocenters. The minimum Gasteiger partial charge on any atom is -0.450 e. The van der Waals surface area contributed by atoms with Crippen molar-refractivity contribution in [2.75, 3.05) is 19.7 Å². The van der Waals surface area contributed by atoms with Gasteiger partial charge in [0.1, 0.15) is 0 Å². The second-order valence-corrected chi connectivity index (χ2v) is 6.34. The summed E-state index contributed by atoms with van der Waals surface area (Å²) in [4.78, 5) is 25.8. The van der Waals surface area contributed by atoms with Crippen LogP contribution in [0.25, 0.3) is 10.8 Å². The second-order valence-electron chi connectivity index (χ2n) is 6.34. The molecular formula is C20H24N2O3. The Labute approximate surface area is 148 Å². The van der Waals surface area contributed by atoms with Crippen LogP contribution in [0.15, 0.2) is 42.5 Å². The van der Waals surface area contributed by atoms with Crippen molar-refractivity contribution in [1.82, 2.24) is 10.2 Å². The fourth-order valence-electron chi connectivity index (χ4n) is 3.32. The number of hydrogen-bond acceptors (Lipinski definition) is 3. The summed E-state index contributed by atoms with van der Waals surface area (Å²) >= 11 is 0. The zero-order chi connectivity index (χ0) is 17.6. The highest BCUT2D eigenvalue weighted by Crippen LogP contribution is 2.19. The van der Waals surface area contributed by atoms with Crippen molar-refractivity contribution < 1.29 is 14.3 Å². The van der Waals surface area contributed by atoms with E-state index in [2.05, 4.69) is 23.5 Å². The average molecular weight is 340 g/mol. The van der Waals surface area contributed by atoms with E-state index in [1.165, 1.54) is 0 Å². The van der Waals surface area contributed by atoms with Crippen LogP contribution in [0.5, 0.6) is 0 Å². The number of nitrogens with one attached hydrogen (secondary N) is 1. The molecule has 1 heterocycles. The molecule has 2 amide bonds. The SMILES string of the molecule is CCOC(=O)N1CCC(NC(=O)Cc2cccc3ccccc23)CC1. The Kier molecular flexibility index (Phi) is 5.53. The predicted octanol–water partition coefficient (Wildman–Crippen LogP) is 3.12. The first-order valence-corrected chi connectivity index (χ1v) is 8.85. The third-order valence-corrected chi connectivity index (χ3v) is 4.62. The molecule has 0 spiro atoms. The highest BCUT2D eigenvalue weighted by Gasteiger charge is 2.24. The van der Waals surface area contributed by atoms with Crippen LogP contribution < -0.4 is 5.32 Å². The molecule has 1 fully saturated rings. The highest BCUT2D eigenvalue weighted by atomic mass is 16.6. The van der Waals surface area contributed by atoms with Gasteiger partial charge in [0, 0.05) is 19.1 Å². The van der Waals surface area contributed by atoms with E-state index in [0.717, 1.165) is 29.2 Å². The summed E-state index contributed by atoms with van der Waals surface area (Å²) in [5, 5.41) is 5.38. The van der Waals surface area contributed by atoms with Gasteiger partial charge in [-0.2, -0.15) is 0 Å². The fraction of sp³-hybridized carbons (Fsp3) is 0.400. The third kappa shape index (κ3) is 4.29. The van der Waals surface area contributed by atoms with E-state index < -0.39 is 0 Å². The summed E-state index contributed by atoms with van der Waals surface area (Å²) in [5.74, 6) is 0.0333. The lowest BCUT2D eigenvalue weighted by molar-refractivity contribution is -0.121. The lowest BCUT2D eigenvalue weighted by Gasteiger charge is -2.31. The number of piperidine rings is 1. The van der Waals surface area contributed by atoms with E-state index in [-0.39, 0.29) is 18.0 Å². The molecule has 5 nitrogen and oxygen atoms in total. The largest absolute Gasteiger partial charge is 0.450 e. The first kappa shape index (κ1) is 17.3. The van der Waals surface area contributed by atoms with Crippen LogP contribution in [0.1, 0.15) is 25.3 Å². The lowest BCUT2D eigenvalue weighted by Crippen LogP contribution is -2.47. The molecule has 0 aliphatic carbocycles. The summed E-state index contributed by atoms with van der Waals surface area (Å²) < 4.78 is 5.02. The van der Waals surface area contributed by atoms with Gasteiger partial charge < -0.3 is 15.0 Å². The van der Waals surface area contributed by atoms with E-state index in [1.54, 1.807) is 11.8 Å². The Bertz CT molecular complexity index is 746. The molecule has 1 saturated heterocycles. The molecule has 1 aliphatic heterocycles. The standard InChI is InChI=1S/C20H24N2O3/c1-2-25-20(24)22-12-10-17(11-13-22)21-19(23)14-16-8-5-7-15-6-3-4-9-18(15)16/h3-9,17H,2,10-14H2,1H3,(H,21,23). The number of ether oxygens (including phenoxy) is 1. The quantitative estimate of drug-likeness (QED) is 0.930. The topological polar surface area (TPSA) is 58.6 Å². The first-order chi connectivity index (χ1) is 12.2. The predicted molar refractivity (Wildman–Crippen MR) is 97.4 cm³/mol. The van der Waals surface area contributed by atoms with E-state index in [9.17, 15) is 9.59 Å². The molecule has 25 heavy (non-hydrogen) atoms. The van der Waals surface area contributed by atoms with Crippen LogP contribution in [0.4, 0.5) is 4.79 Å². The zero-order valence-electron chi connectivity index (χ0n) is 14.5. The summed E-state index contributed by atoms with van der Waals surface area (Å²) in [5.41, 5.74) is 1.04. The van der Waals surface area contributed by atoms with Gasteiger partial charge in [-0.05, 0) is 36.1 Å². The van der Waals surface area contributed by atoms with Gasteiger partial charge in [0.05, 0.1) is 13.0 Å². The number of rotatable bonds is 4. The van der Waals surface area contributed by atoms with E-state index in [0.29, 0.717) is 26.1 Å². The van der Waals surface area contributed by atoms with Crippen molar-refractivity contribution >= 4 is 22.8 Å². The molecule has 1 N–H and O–H groups in total. The summed E-state index contributed by atoms with van der Waals surface area (Å²) in [6.07, 6.45) is 1.64. The van der Waals surface area contributed by atoms with Gasteiger partial charge >= 0.3 is 6.09 Å². The van der Waals surface area contributed by atoms with Gasteiger partial charge in [-0.1, -0.05) is 42.5 Å². The maximum atomic E-state index is 12.4. The van der Waals surface area contributed by atoms with Crippen molar-refractivity contribution in [2.24, 2.45) is 0 Å². The van der Waals surface area contributed by atoms with Gasteiger partial charge in [0.25, 0.3) is 0 Å². The van der Waals surface area contributed by atoms with E-state index in [1.807, 2.05) is 24.3 Å². The molecule has 2 aromatic rings. The van der Waals surface area contributed by atoms with Crippen LogP contribution >= 0.6 is 0 Å². The van der Waals surface area contributed by atoms with Gasteiger partial charge in [-0.3, -0.25) is 4.79 Å². The number of likely N-dealkylation sites (tertiary alicyclic amines) is 1. The van der Waals surface area contributed by atoms with Gasteiger partial charge in [0.15, 0.2) is 0 Å². The molecular weight excluding hydrogens is 316 g/mol. The van der Waals surface area contributed by atoms with Crippen molar-refractivity contribution in [2.45, 2.75) is 32.2 Å². The number of amides is 2. The average Bonchev–Trinajstić information content (AvgIpc) is 2.63. The Morgan fingerprint density at radius 3 is 2.60 bits per heavy atom. The van der Waals surface area contributed by atoms with Gasteiger partial charge in [-0.25, -0.2) is 4.79 Å². The van der Waals surface area contributed by atoms with Gasteiger partial charge in [0.2, 0.25) is 5.91 Å². The van der Waals surface area contributed by atoms with Gasteiger partial charge in [-0.15, -0.1) is 0 Å². The van der Waals surface area contributed by atoms with Crippen LogP contribution in [0.3, 0.4) is 0 Å². The van der Waals surface area contributed by atoms with Crippen LogP contribution in [-0.2, 0) is 16.0 Å². The maximum Gasteiger partial charge on any atom is 0.409 e. The van der Waals surface area contributed by atoms with Crippen LogP contribution in [-0.4, -0.2) is 42.6 Å². The molecule has 132 valence electrons. The summed E-state index contributed by atoms with van der Waals surface area (Å²) in [7, 11) is 0. The number of carbonyl (C=O) groups excluding carboxylic acids is 2. The van der Waals surface area contributed by atoms with Crippen LogP contribution in [0.2, 0.25) is 0 Å². The van der Waals surface area contributed by atoms with Crippen LogP contribution in [0, 0.1) is 0 Å². The number of carbonyl (C=O) groups is 2. The Balaban J connectivity index is 1.54. The first-order valence-electron chi connectivity index (χ1n) is 8.85. The molecule has 1 aliphatic rings. The number of hydrogen-bond donors (Lipinski definition) is 1.